The van der Waals surface area contributed by atoms with E-state index in [1.165, 1.54) is 11.1 Å². The van der Waals surface area contributed by atoms with Gasteiger partial charge in [-0.1, -0.05) is 24.3 Å². The highest BCUT2D eigenvalue weighted by Crippen LogP contribution is 2.10. The third-order valence-electron chi connectivity index (χ3n) is 4.50. The van der Waals surface area contributed by atoms with Crippen molar-refractivity contribution in [1.29, 1.82) is 0 Å². The van der Waals surface area contributed by atoms with Crippen molar-refractivity contribution in [3.05, 3.63) is 35.4 Å². The first-order valence-electron chi connectivity index (χ1n) is 10.6. The Kier molecular flexibility index (Phi) is 12.8. The van der Waals surface area contributed by atoms with Crippen molar-refractivity contribution in [1.82, 2.24) is 20.9 Å². The Morgan fingerprint density at radius 3 is 2.48 bits per heavy atom. The van der Waals surface area contributed by atoms with Crippen LogP contribution in [0.2, 0.25) is 0 Å². The number of ether oxygens (including phenoxy) is 2. The van der Waals surface area contributed by atoms with Crippen molar-refractivity contribution < 1.29 is 14.3 Å². The fourth-order valence-corrected chi connectivity index (χ4v) is 3.06. The summed E-state index contributed by atoms with van der Waals surface area (Å²) in [7, 11) is 1.75. The number of aliphatic imine (C=N–C) groups is 1. The molecular weight excluding hydrogens is 509 g/mol. The smallest absolute Gasteiger partial charge is 0.407 e. The van der Waals surface area contributed by atoms with E-state index in [1.54, 1.807) is 7.05 Å². The van der Waals surface area contributed by atoms with E-state index >= 15 is 0 Å². The van der Waals surface area contributed by atoms with Gasteiger partial charge in [0, 0.05) is 46.3 Å². The molecule has 0 aliphatic carbocycles. The molecule has 9 heteroatoms. The molecule has 8 nitrogen and oxygen atoms in total. The van der Waals surface area contributed by atoms with Gasteiger partial charge >= 0.3 is 6.09 Å². The maximum absolute atomic E-state index is 11.6. The molecule has 176 valence electrons. The highest BCUT2D eigenvalue weighted by Gasteiger charge is 2.15. The topological polar surface area (TPSA) is 87.2 Å². The summed E-state index contributed by atoms with van der Waals surface area (Å²) in [5.41, 5.74) is 2.05. The molecule has 1 aromatic carbocycles. The van der Waals surface area contributed by atoms with Gasteiger partial charge < -0.3 is 25.4 Å². The molecule has 1 aliphatic rings. The van der Waals surface area contributed by atoms with Crippen LogP contribution in [0.4, 0.5) is 4.79 Å². The Labute approximate surface area is 203 Å². The Morgan fingerprint density at radius 1 is 1.13 bits per heavy atom. The molecule has 0 unspecified atom stereocenters. The van der Waals surface area contributed by atoms with Crippen LogP contribution in [0.15, 0.2) is 29.3 Å². The number of hydrogen-bond acceptors (Lipinski definition) is 5. The SMILES string of the molecule is CN=C(NCCCNC(=O)OC(C)(C)C)NCc1cccc(CN2CCOCC2)c1.I. The second-order valence-electron chi connectivity index (χ2n) is 8.34. The molecule has 1 aromatic rings. The molecule has 31 heavy (non-hydrogen) atoms. The molecule has 1 heterocycles. The lowest BCUT2D eigenvalue weighted by Crippen LogP contribution is -2.39. The molecule has 1 aliphatic heterocycles. The number of nitrogens with zero attached hydrogens (tertiary/aromatic N) is 2. The third-order valence-corrected chi connectivity index (χ3v) is 4.50. The summed E-state index contributed by atoms with van der Waals surface area (Å²) in [6, 6.07) is 8.63. The van der Waals surface area contributed by atoms with Gasteiger partial charge in [-0.2, -0.15) is 0 Å². The summed E-state index contributed by atoms with van der Waals surface area (Å²) < 4.78 is 10.6. The summed E-state index contributed by atoms with van der Waals surface area (Å²) in [5.74, 6) is 0.742. The van der Waals surface area contributed by atoms with Crippen molar-refractivity contribution in [3.63, 3.8) is 0 Å². The molecular formula is C22H38IN5O3. The molecule has 0 atom stereocenters. The number of halogens is 1. The second-order valence-corrected chi connectivity index (χ2v) is 8.34. The maximum atomic E-state index is 11.6. The minimum atomic E-state index is -0.478. The van der Waals surface area contributed by atoms with Crippen LogP contribution in [0.3, 0.4) is 0 Å². The molecule has 2 rings (SSSR count). The molecule has 0 spiro atoms. The number of hydrogen-bond donors (Lipinski definition) is 3. The Bertz CT molecular complexity index is 688. The molecule has 1 fully saturated rings. The zero-order valence-electron chi connectivity index (χ0n) is 19.2. The standard InChI is InChI=1S/C22H37N5O3.HI/c1-22(2,3)30-21(28)25-10-6-9-24-20(23-4)26-16-18-7-5-8-19(15-18)17-27-11-13-29-14-12-27;/h5,7-8,15H,6,9-14,16-17H2,1-4H3,(H,25,28)(H2,23,24,26);1H. The van der Waals surface area contributed by atoms with E-state index in [9.17, 15) is 4.79 Å². The number of benzene rings is 1. The van der Waals surface area contributed by atoms with Crippen LogP contribution in [0, 0.1) is 0 Å². The Hall–Kier alpha value is -1.59. The third kappa shape index (κ3) is 12.1. The van der Waals surface area contributed by atoms with Gasteiger partial charge in [0.1, 0.15) is 5.60 Å². The number of guanidine groups is 1. The molecule has 1 amide bonds. The van der Waals surface area contributed by atoms with Crippen LogP contribution in [0.25, 0.3) is 0 Å². The Morgan fingerprint density at radius 2 is 1.81 bits per heavy atom. The van der Waals surface area contributed by atoms with E-state index in [4.69, 9.17) is 9.47 Å². The van der Waals surface area contributed by atoms with Crippen molar-refractivity contribution >= 4 is 36.0 Å². The van der Waals surface area contributed by atoms with Crippen molar-refractivity contribution in [3.8, 4) is 0 Å². The number of carbonyl (C=O) groups is 1. The fraction of sp³-hybridized carbons (Fsp3) is 0.636. The lowest BCUT2D eigenvalue weighted by molar-refractivity contribution is 0.0342. The normalized spacial score (nSPS) is 15.0. The Balaban J connectivity index is 0.00000480. The summed E-state index contributed by atoms with van der Waals surface area (Å²) in [4.78, 5) is 18.3. The predicted molar refractivity (Wildman–Crippen MR) is 135 cm³/mol. The summed E-state index contributed by atoms with van der Waals surface area (Å²) in [5, 5.41) is 9.36. The summed E-state index contributed by atoms with van der Waals surface area (Å²) in [6.07, 6.45) is 0.386. The number of amides is 1. The minimum Gasteiger partial charge on any atom is -0.444 e. The van der Waals surface area contributed by atoms with Crippen molar-refractivity contribution in [2.24, 2.45) is 4.99 Å². The van der Waals surface area contributed by atoms with Gasteiger partial charge in [0.15, 0.2) is 5.96 Å². The van der Waals surface area contributed by atoms with E-state index in [1.807, 2.05) is 20.8 Å². The van der Waals surface area contributed by atoms with Gasteiger partial charge in [-0.25, -0.2) is 4.79 Å². The quantitative estimate of drug-likeness (QED) is 0.201. The molecule has 3 N–H and O–H groups in total. The van der Waals surface area contributed by atoms with Crippen LogP contribution in [-0.4, -0.2) is 69.0 Å². The van der Waals surface area contributed by atoms with Crippen LogP contribution in [-0.2, 0) is 22.6 Å². The number of rotatable bonds is 8. The van der Waals surface area contributed by atoms with E-state index in [2.05, 4.69) is 50.1 Å². The van der Waals surface area contributed by atoms with Crippen molar-refractivity contribution in [2.75, 3.05) is 46.4 Å². The first-order valence-corrected chi connectivity index (χ1v) is 10.6. The lowest BCUT2D eigenvalue weighted by Gasteiger charge is -2.26. The van der Waals surface area contributed by atoms with Crippen LogP contribution in [0.1, 0.15) is 38.3 Å². The fourth-order valence-electron chi connectivity index (χ4n) is 3.06. The minimum absolute atomic E-state index is 0. The molecule has 0 saturated carbocycles. The molecule has 0 bridgehead atoms. The first-order chi connectivity index (χ1) is 14.4. The summed E-state index contributed by atoms with van der Waals surface area (Å²) in [6.45, 7) is 12.1. The number of carbonyl (C=O) groups excluding carboxylic acids is 1. The zero-order chi connectivity index (χ0) is 21.8. The first kappa shape index (κ1) is 27.4. The van der Waals surface area contributed by atoms with Gasteiger partial charge in [0.05, 0.1) is 13.2 Å². The number of morpholine rings is 1. The monoisotopic (exact) mass is 547 g/mol. The van der Waals surface area contributed by atoms with E-state index in [0.29, 0.717) is 19.6 Å². The van der Waals surface area contributed by atoms with Crippen LogP contribution >= 0.6 is 24.0 Å². The van der Waals surface area contributed by atoms with Gasteiger partial charge in [0.25, 0.3) is 0 Å². The highest BCUT2D eigenvalue weighted by molar-refractivity contribution is 14.0. The number of alkyl carbamates (subject to hydrolysis) is 1. The summed E-state index contributed by atoms with van der Waals surface area (Å²) >= 11 is 0. The van der Waals surface area contributed by atoms with Gasteiger partial charge in [-0.3, -0.25) is 9.89 Å². The maximum Gasteiger partial charge on any atom is 0.407 e. The van der Waals surface area contributed by atoms with Gasteiger partial charge in [0.2, 0.25) is 0 Å². The average Bonchev–Trinajstić information content (AvgIpc) is 2.70. The lowest BCUT2D eigenvalue weighted by atomic mass is 10.1. The molecule has 0 aromatic heterocycles. The molecule has 0 radical (unpaired) electrons. The van der Waals surface area contributed by atoms with E-state index in [0.717, 1.165) is 45.2 Å². The zero-order valence-corrected chi connectivity index (χ0v) is 21.5. The highest BCUT2D eigenvalue weighted by atomic mass is 127. The number of nitrogens with one attached hydrogen (secondary N) is 3. The second kappa shape index (κ2) is 14.5. The molecule has 1 saturated heterocycles. The van der Waals surface area contributed by atoms with E-state index < -0.39 is 5.60 Å². The van der Waals surface area contributed by atoms with E-state index in [-0.39, 0.29) is 30.1 Å². The van der Waals surface area contributed by atoms with Gasteiger partial charge in [-0.05, 0) is 38.3 Å². The average molecular weight is 547 g/mol. The largest absolute Gasteiger partial charge is 0.444 e. The van der Waals surface area contributed by atoms with Crippen molar-refractivity contribution in [2.45, 2.75) is 45.9 Å². The predicted octanol–water partition coefficient (Wildman–Crippen LogP) is 2.72. The van der Waals surface area contributed by atoms with Crippen LogP contribution in [0.5, 0.6) is 0 Å². The van der Waals surface area contributed by atoms with Crippen LogP contribution < -0.4 is 16.0 Å². The van der Waals surface area contributed by atoms with Gasteiger partial charge in [-0.15, -0.1) is 24.0 Å².